The molecule has 1 aromatic rings. The van der Waals surface area contributed by atoms with Crippen molar-refractivity contribution in [2.45, 2.75) is 6.04 Å². The van der Waals surface area contributed by atoms with Gasteiger partial charge in [-0.2, -0.15) is 0 Å². The van der Waals surface area contributed by atoms with Crippen LogP contribution in [0.15, 0.2) is 11.6 Å². The van der Waals surface area contributed by atoms with E-state index in [1.165, 1.54) is 0 Å². The number of aromatic nitrogens is 1. The maximum Gasteiger partial charge on any atom is 0.112 e. The Bertz CT molecular complexity index is 261. The summed E-state index contributed by atoms with van der Waals surface area (Å²) < 4.78 is 0. The zero-order chi connectivity index (χ0) is 9.26. The number of hydrogen-bond donors (Lipinski definition) is 1. The zero-order valence-corrected chi connectivity index (χ0v) is 8.50. The molecule has 0 saturated carbocycles. The predicted octanol–water partition coefficient (Wildman–Crippen LogP) is 0.305. The number of nitrogens with zero attached hydrogens (tertiary/aromatic N) is 3. The molecule has 0 amide bonds. The minimum atomic E-state index is 0.277. The molecule has 1 atom stereocenters. The van der Waals surface area contributed by atoms with Crippen LogP contribution in [0.5, 0.6) is 0 Å². The molecule has 1 aromatic heterocycles. The van der Waals surface area contributed by atoms with Gasteiger partial charge in [-0.3, -0.25) is 5.84 Å². The van der Waals surface area contributed by atoms with Crippen LogP contribution in [0.4, 0.5) is 0 Å². The second kappa shape index (κ2) is 3.71. The first-order chi connectivity index (χ1) is 6.27. The highest BCUT2D eigenvalue weighted by atomic mass is 32.1. The molecule has 1 unspecified atom stereocenters. The van der Waals surface area contributed by atoms with E-state index in [4.69, 9.17) is 5.84 Å². The summed E-state index contributed by atoms with van der Waals surface area (Å²) >= 11 is 1.68. The fourth-order valence-electron chi connectivity index (χ4n) is 1.55. The number of thiazole rings is 1. The molecule has 2 N–H and O–H groups in total. The number of nitrogens with two attached hydrogens (primary N) is 1. The lowest BCUT2D eigenvalue weighted by atomic mass is 10.2. The maximum absolute atomic E-state index is 5.91. The lowest BCUT2D eigenvalue weighted by Gasteiger charge is -2.35. The highest BCUT2D eigenvalue weighted by molar-refractivity contribution is 7.09. The van der Waals surface area contributed by atoms with E-state index in [1.807, 2.05) is 16.6 Å². The minimum absolute atomic E-state index is 0.277. The smallest absolute Gasteiger partial charge is 0.112 e. The molecule has 72 valence electrons. The van der Waals surface area contributed by atoms with Gasteiger partial charge in [-0.05, 0) is 7.05 Å². The van der Waals surface area contributed by atoms with E-state index >= 15 is 0 Å². The molecule has 2 rings (SSSR count). The molecule has 1 aliphatic heterocycles. The predicted molar refractivity (Wildman–Crippen MR) is 53.2 cm³/mol. The van der Waals surface area contributed by atoms with Gasteiger partial charge in [0.15, 0.2) is 0 Å². The molecule has 0 radical (unpaired) electrons. The molecule has 1 saturated heterocycles. The van der Waals surface area contributed by atoms with Gasteiger partial charge in [-0.15, -0.1) is 11.3 Å². The third-order valence-electron chi connectivity index (χ3n) is 2.36. The summed E-state index contributed by atoms with van der Waals surface area (Å²) in [6, 6.07) is 0.277. The quantitative estimate of drug-likeness (QED) is 0.659. The van der Waals surface area contributed by atoms with Crippen LogP contribution in [-0.2, 0) is 0 Å². The highest BCUT2D eigenvalue weighted by Crippen LogP contribution is 2.23. The molecular formula is C8H14N4S. The fraction of sp³-hybridized carbons (Fsp3) is 0.625. The van der Waals surface area contributed by atoms with Crippen molar-refractivity contribution in [2.75, 3.05) is 26.7 Å². The Hall–Kier alpha value is -0.490. The van der Waals surface area contributed by atoms with Crippen molar-refractivity contribution in [1.29, 1.82) is 0 Å². The minimum Gasteiger partial charge on any atom is -0.303 e. The van der Waals surface area contributed by atoms with Crippen molar-refractivity contribution in [3.05, 3.63) is 16.6 Å². The van der Waals surface area contributed by atoms with E-state index in [9.17, 15) is 0 Å². The van der Waals surface area contributed by atoms with Crippen LogP contribution in [0, 0.1) is 0 Å². The first-order valence-corrected chi connectivity index (χ1v) is 5.24. The third-order valence-corrected chi connectivity index (χ3v) is 3.24. The van der Waals surface area contributed by atoms with Gasteiger partial charge in [-0.1, -0.05) is 0 Å². The maximum atomic E-state index is 5.91. The largest absolute Gasteiger partial charge is 0.303 e. The number of hydrogen-bond acceptors (Lipinski definition) is 5. The van der Waals surface area contributed by atoms with Crippen molar-refractivity contribution in [3.8, 4) is 0 Å². The van der Waals surface area contributed by atoms with Crippen LogP contribution in [0.3, 0.4) is 0 Å². The third kappa shape index (κ3) is 1.88. The molecule has 2 heterocycles. The second-order valence-electron chi connectivity index (χ2n) is 3.39. The zero-order valence-electron chi connectivity index (χ0n) is 7.68. The van der Waals surface area contributed by atoms with E-state index in [0.717, 1.165) is 24.6 Å². The Labute approximate surface area is 81.9 Å². The Morgan fingerprint density at radius 3 is 3.15 bits per heavy atom. The SMILES string of the molecule is CN1CCN(N)C(c2nccs2)C1. The first kappa shape index (κ1) is 9.08. The summed E-state index contributed by atoms with van der Waals surface area (Å²) in [6.45, 7) is 2.93. The number of piperazine rings is 1. The molecule has 1 aliphatic rings. The fourth-order valence-corrected chi connectivity index (χ4v) is 2.30. The lowest BCUT2D eigenvalue weighted by Crippen LogP contribution is -2.49. The highest BCUT2D eigenvalue weighted by Gasteiger charge is 2.25. The first-order valence-electron chi connectivity index (χ1n) is 4.36. The normalized spacial score (nSPS) is 26.5. The summed E-state index contributed by atoms with van der Waals surface area (Å²) in [5.74, 6) is 5.91. The lowest BCUT2D eigenvalue weighted by molar-refractivity contribution is 0.0904. The molecule has 13 heavy (non-hydrogen) atoms. The van der Waals surface area contributed by atoms with Gasteiger partial charge in [0.25, 0.3) is 0 Å². The van der Waals surface area contributed by atoms with Gasteiger partial charge in [0.1, 0.15) is 5.01 Å². The molecule has 0 bridgehead atoms. The molecule has 1 fully saturated rings. The van der Waals surface area contributed by atoms with Crippen molar-refractivity contribution in [2.24, 2.45) is 5.84 Å². The van der Waals surface area contributed by atoms with Gasteiger partial charge in [0.2, 0.25) is 0 Å². The summed E-state index contributed by atoms with van der Waals surface area (Å²) in [7, 11) is 2.12. The van der Waals surface area contributed by atoms with Crippen molar-refractivity contribution in [3.63, 3.8) is 0 Å². The Kier molecular flexibility index (Phi) is 2.59. The van der Waals surface area contributed by atoms with Crippen LogP contribution >= 0.6 is 11.3 Å². The van der Waals surface area contributed by atoms with E-state index in [2.05, 4.69) is 16.9 Å². The molecule has 0 aromatic carbocycles. The Morgan fingerprint density at radius 2 is 2.46 bits per heavy atom. The summed E-state index contributed by atoms with van der Waals surface area (Å²) in [5.41, 5.74) is 0. The van der Waals surface area contributed by atoms with Crippen LogP contribution in [0.1, 0.15) is 11.0 Å². The van der Waals surface area contributed by atoms with Crippen LogP contribution < -0.4 is 5.84 Å². The topological polar surface area (TPSA) is 45.4 Å². The van der Waals surface area contributed by atoms with Gasteiger partial charge in [-0.25, -0.2) is 9.99 Å². The van der Waals surface area contributed by atoms with E-state index < -0.39 is 0 Å². The number of hydrazine groups is 1. The molecular weight excluding hydrogens is 184 g/mol. The molecule has 0 aliphatic carbocycles. The summed E-state index contributed by atoms with van der Waals surface area (Å²) in [6.07, 6.45) is 1.84. The standard InChI is InChI=1S/C8H14N4S/c1-11-3-4-12(9)7(6-11)8-10-2-5-13-8/h2,5,7H,3-4,6,9H2,1H3. The van der Waals surface area contributed by atoms with Crippen LogP contribution in [0.2, 0.25) is 0 Å². The van der Waals surface area contributed by atoms with E-state index in [1.54, 1.807) is 11.3 Å². The molecule has 5 heteroatoms. The summed E-state index contributed by atoms with van der Waals surface area (Å²) in [5, 5.41) is 5.01. The summed E-state index contributed by atoms with van der Waals surface area (Å²) in [4.78, 5) is 6.58. The van der Waals surface area contributed by atoms with Crippen molar-refractivity contribution >= 4 is 11.3 Å². The second-order valence-corrected chi connectivity index (χ2v) is 4.31. The average Bonchev–Trinajstić information content (AvgIpc) is 2.61. The monoisotopic (exact) mass is 198 g/mol. The van der Waals surface area contributed by atoms with E-state index in [0.29, 0.717) is 0 Å². The van der Waals surface area contributed by atoms with Crippen molar-refractivity contribution in [1.82, 2.24) is 14.9 Å². The van der Waals surface area contributed by atoms with Crippen LogP contribution in [0.25, 0.3) is 0 Å². The van der Waals surface area contributed by atoms with Crippen molar-refractivity contribution < 1.29 is 0 Å². The van der Waals surface area contributed by atoms with Gasteiger partial charge in [0.05, 0.1) is 6.04 Å². The average molecular weight is 198 g/mol. The Balaban J connectivity index is 2.12. The molecule has 4 nitrogen and oxygen atoms in total. The molecule has 0 spiro atoms. The van der Waals surface area contributed by atoms with Gasteiger partial charge in [0, 0.05) is 31.2 Å². The van der Waals surface area contributed by atoms with E-state index in [-0.39, 0.29) is 6.04 Å². The number of rotatable bonds is 1. The van der Waals surface area contributed by atoms with Gasteiger partial charge < -0.3 is 4.90 Å². The van der Waals surface area contributed by atoms with Gasteiger partial charge >= 0.3 is 0 Å². The Morgan fingerprint density at radius 1 is 1.62 bits per heavy atom. The number of likely N-dealkylation sites (N-methyl/N-ethyl adjacent to an activating group) is 1. The van der Waals surface area contributed by atoms with Crippen LogP contribution in [-0.4, -0.2) is 41.6 Å².